The van der Waals surface area contributed by atoms with E-state index in [1.54, 1.807) is 61.0 Å². The van der Waals surface area contributed by atoms with E-state index in [2.05, 4.69) is 91.2 Å². The Morgan fingerprint density at radius 3 is 1.69 bits per heavy atom. The number of nitrogens with zero attached hydrogens (tertiary/aromatic N) is 1. The molecule has 0 bridgehead atoms. The van der Waals surface area contributed by atoms with Gasteiger partial charge in [-0.2, -0.15) is 5.10 Å². The number of aliphatic hydroxyl groups is 1. The molecule has 2 aromatic rings. The van der Waals surface area contributed by atoms with Gasteiger partial charge in [0, 0.05) is 18.8 Å². The SMILES string of the molecule is Br.C=C/C(=C\C=C\O)CCNC.C=C/C=C\C=C.C=C/C=C\C=C.C=C/C=C\C=C.CNCCc1ccc(OC2=CC=CCC2)cc1.c1cn[nH]c1. The number of hydrogen-bond donors (Lipinski definition) is 4. The third kappa shape index (κ3) is 42.8. The number of halogens is 1. The van der Waals surface area contributed by atoms with Gasteiger partial charge in [-0.05, 0) is 87.9 Å². The number of nitrogens with one attached hydrogen (secondary N) is 3. The number of aromatic amines is 1. The van der Waals surface area contributed by atoms with Crippen LogP contribution in [0.3, 0.4) is 0 Å². The number of benzene rings is 1. The second-order valence-corrected chi connectivity index (χ2v) is 9.68. The molecular weight excluding hydrogens is 708 g/mol. The highest BCUT2D eigenvalue weighted by atomic mass is 79.9. The number of ether oxygens (including phenoxy) is 1. The molecule has 0 spiro atoms. The third-order valence-electron chi connectivity index (χ3n) is 5.69. The highest BCUT2D eigenvalue weighted by Crippen LogP contribution is 2.19. The van der Waals surface area contributed by atoms with Crippen molar-refractivity contribution in [2.75, 3.05) is 27.2 Å². The second-order valence-electron chi connectivity index (χ2n) is 9.68. The Hall–Kier alpha value is -5.21. The Bertz CT molecular complexity index is 1260. The topological polar surface area (TPSA) is 82.2 Å². The summed E-state index contributed by atoms with van der Waals surface area (Å²) in [4.78, 5) is 0. The normalized spacial score (nSPS) is 11.1. The van der Waals surface area contributed by atoms with E-state index >= 15 is 0 Å². The number of likely N-dealkylation sites (N-methyl/N-ethyl adjacent to an activating group) is 1. The smallest absolute Gasteiger partial charge is 0.126 e. The van der Waals surface area contributed by atoms with Gasteiger partial charge in [-0.3, -0.25) is 5.10 Å². The van der Waals surface area contributed by atoms with Gasteiger partial charge in [0.2, 0.25) is 0 Å². The minimum absolute atomic E-state index is 0. The van der Waals surface area contributed by atoms with E-state index in [1.165, 1.54) is 5.56 Å². The largest absolute Gasteiger partial charge is 0.516 e. The van der Waals surface area contributed by atoms with Crippen molar-refractivity contribution in [3.63, 3.8) is 0 Å². The van der Waals surface area contributed by atoms with Gasteiger partial charge in [0.1, 0.15) is 11.5 Å². The van der Waals surface area contributed by atoms with Gasteiger partial charge >= 0.3 is 0 Å². The molecule has 0 saturated heterocycles. The van der Waals surface area contributed by atoms with Crippen LogP contribution in [0.1, 0.15) is 24.8 Å². The summed E-state index contributed by atoms with van der Waals surface area (Å²) in [6.07, 6.45) is 41.2. The molecule has 4 N–H and O–H groups in total. The van der Waals surface area contributed by atoms with Crippen molar-refractivity contribution in [2.24, 2.45) is 0 Å². The van der Waals surface area contributed by atoms with Crippen LogP contribution in [-0.2, 0) is 6.42 Å². The summed E-state index contributed by atoms with van der Waals surface area (Å²) in [5, 5.41) is 20.8. The van der Waals surface area contributed by atoms with Crippen LogP contribution in [0.2, 0.25) is 0 Å². The van der Waals surface area contributed by atoms with E-state index in [0.29, 0.717) is 0 Å². The second kappa shape index (κ2) is 47.9. The van der Waals surface area contributed by atoms with Crippen LogP contribution in [0.25, 0.3) is 0 Å². The zero-order chi connectivity index (χ0) is 38.5. The standard InChI is InChI=1S/C15H19NO.C9H15NO.3C6H8.C3H4N2.BrH/c1-16-12-11-13-7-9-15(10-8-13)17-14-5-3-2-4-6-14;1-3-9(5-4-8-11)6-7-10-2;3*1-3-5-6-4-2;1-2-4-5-3-1;/h2-3,5,7-10,16H,4,6,11-12H2,1H3;3-5,8,10-11H,1,6-7H2,2H3;3*3-6H,1-2H2;1-3H,(H,4,5);1H/b;8-4+,9-5+;3*6-5-;;. The molecule has 1 heterocycles. The van der Waals surface area contributed by atoms with E-state index in [4.69, 9.17) is 9.84 Å². The fraction of sp³-hybridized carbons (Fsp3) is 0.178. The third-order valence-corrected chi connectivity index (χ3v) is 5.69. The lowest BCUT2D eigenvalue weighted by atomic mass is 10.1. The molecule has 1 aromatic heterocycles. The summed E-state index contributed by atoms with van der Waals surface area (Å²) in [6.45, 7) is 26.4. The number of H-pyrrole nitrogens is 1. The summed E-state index contributed by atoms with van der Waals surface area (Å²) in [7, 11) is 3.88. The summed E-state index contributed by atoms with van der Waals surface area (Å²) < 4.78 is 5.81. The Morgan fingerprint density at radius 1 is 0.808 bits per heavy atom. The van der Waals surface area contributed by atoms with Gasteiger partial charge in [-0.25, -0.2) is 0 Å². The number of aliphatic hydroxyl groups excluding tert-OH is 1. The Morgan fingerprint density at radius 2 is 1.35 bits per heavy atom. The molecule has 0 fully saturated rings. The minimum Gasteiger partial charge on any atom is -0.516 e. The summed E-state index contributed by atoms with van der Waals surface area (Å²) in [5.74, 6) is 1.98. The molecule has 1 aliphatic rings. The maximum atomic E-state index is 8.36. The van der Waals surface area contributed by atoms with Crippen molar-refractivity contribution in [1.82, 2.24) is 20.8 Å². The molecule has 0 amide bonds. The van der Waals surface area contributed by atoms with Crippen LogP contribution in [0.4, 0.5) is 0 Å². The lowest BCUT2D eigenvalue weighted by Crippen LogP contribution is -2.10. The van der Waals surface area contributed by atoms with Gasteiger partial charge in [0.25, 0.3) is 0 Å². The fourth-order valence-corrected chi connectivity index (χ4v) is 3.19. The average molecular weight is 772 g/mol. The monoisotopic (exact) mass is 770 g/mol. The molecule has 0 atom stereocenters. The highest BCUT2D eigenvalue weighted by molar-refractivity contribution is 8.93. The average Bonchev–Trinajstić information content (AvgIpc) is 3.78. The van der Waals surface area contributed by atoms with Crippen LogP contribution in [0, 0.1) is 0 Å². The molecule has 3 rings (SSSR count). The van der Waals surface area contributed by atoms with Crippen molar-refractivity contribution in [1.29, 1.82) is 0 Å². The van der Waals surface area contributed by atoms with Gasteiger partial charge in [0.05, 0.1) is 6.26 Å². The minimum atomic E-state index is 0. The fourth-order valence-electron chi connectivity index (χ4n) is 3.19. The lowest BCUT2D eigenvalue weighted by molar-refractivity contribution is 0.402. The van der Waals surface area contributed by atoms with E-state index < -0.39 is 0 Å². The van der Waals surface area contributed by atoms with Crippen molar-refractivity contribution in [3.05, 3.63) is 221 Å². The quantitative estimate of drug-likeness (QED) is 0.101. The number of aromatic nitrogens is 2. The highest BCUT2D eigenvalue weighted by Gasteiger charge is 2.02. The molecule has 0 aliphatic heterocycles. The first-order valence-corrected chi connectivity index (χ1v) is 16.7. The van der Waals surface area contributed by atoms with Crippen molar-refractivity contribution < 1.29 is 9.84 Å². The van der Waals surface area contributed by atoms with E-state index in [1.807, 2.05) is 80.9 Å². The lowest BCUT2D eigenvalue weighted by Gasteiger charge is -2.11. The Labute approximate surface area is 326 Å². The van der Waals surface area contributed by atoms with E-state index in [0.717, 1.165) is 62.1 Å². The molecule has 7 heteroatoms. The molecule has 52 heavy (non-hydrogen) atoms. The van der Waals surface area contributed by atoms with Gasteiger partial charge in [-0.15, -0.1) is 17.0 Å². The molecule has 0 saturated carbocycles. The molecule has 0 unspecified atom stereocenters. The van der Waals surface area contributed by atoms with Crippen LogP contribution < -0.4 is 15.4 Å². The van der Waals surface area contributed by atoms with Crippen molar-refractivity contribution in [2.45, 2.75) is 25.7 Å². The van der Waals surface area contributed by atoms with Crippen molar-refractivity contribution >= 4 is 17.0 Å². The first-order chi connectivity index (χ1) is 25.0. The summed E-state index contributed by atoms with van der Waals surface area (Å²) in [6, 6.07) is 10.2. The van der Waals surface area contributed by atoms with E-state index in [9.17, 15) is 0 Å². The number of allylic oxidation sites excluding steroid dienone is 19. The zero-order valence-electron chi connectivity index (χ0n) is 31.4. The maximum absolute atomic E-state index is 8.36. The zero-order valence-corrected chi connectivity index (χ0v) is 33.1. The van der Waals surface area contributed by atoms with Crippen LogP contribution >= 0.6 is 17.0 Å². The molecule has 282 valence electrons. The first kappa shape index (κ1) is 53.6. The predicted molar refractivity (Wildman–Crippen MR) is 237 cm³/mol. The van der Waals surface area contributed by atoms with Gasteiger partial charge in [-0.1, -0.05) is 155 Å². The van der Waals surface area contributed by atoms with Gasteiger partial charge < -0.3 is 20.5 Å². The van der Waals surface area contributed by atoms with E-state index in [-0.39, 0.29) is 17.0 Å². The maximum Gasteiger partial charge on any atom is 0.126 e. The molecule has 0 radical (unpaired) electrons. The molecular formula is C45H63BrN4O2. The van der Waals surface area contributed by atoms with Crippen LogP contribution in [0.5, 0.6) is 5.75 Å². The first-order valence-electron chi connectivity index (χ1n) is 16.7. The molecule has 1 aromatic carbocycles. The summed E-state index contributed by atoms with van der Waals surface area (Å²) in [5.41, 5.74) is 2.45. The van der Waals surface area contributed by atoms with Crippen molar-refractivity contribution in [3.8, 4) is 5.75 Å². The summed E-state index contributed by atoms with van der Waals surface area (Å²) >= 11 is 0. The number of rotatable bonds is 16. The molecule has 1 aliphatic carbocycles. The van der Waals surface area contributed by atoms with Gasteiger partial charge in [0.15, 0.2) is 0 Å². The van der Waals surface area contributed by atoms with Crippen LogP contribution in [-0.4, -0.2) is 42.5 Å². The molecule has 6 nitrogen and oxygen atoms in total. The Kier molecular flexibility index (Phi) is 49.4. The number of hydrogen-bond acceptors (Lipinski definition) is 5. The predicted octanol–water partition coefficient (Wildman–Crippen LogP) is 11.6. The Balaban J connectivity index is -0.000000286. The van der Waals surface area contributed by atoms with Crippen LogP contribution in [0.15, 0.2) is 216 Å².